The number of hydrogen-bond acceptors (Lipinski definition) is 3. The first-order chi connectivity index (χ1) is 8.49. The van der Waals surface area contributed by atoms with Gasteiger partial charge in [0.2, 0.25) is 5.91 Å². The Balaban J connectivity index is 0.00000180. The predicted molar refractivity (Wildman–Crippen MR) is 78.6 cm³/mol. The van der Waals surface area contributed by atoms with Crippen molar-refractivity contribution < 1.29 is 9.53 Å². The molecule has 1 amide bonds. The number of ether oxygens (including phenoxy) is 1. The normalized spacial score (nSPS) is 24.9. The molecule has 0 saturated carbocycles. The minimum atomic E-state index is -0.277. The van der Waals surface area contributed by atoms with Gasteiger partial charge in [0.05, 0.1) is 12.0 Å². The van der Waals surface area contributed by atoms with Crippen molar-refractivity contribution in [1.29, 1.82) is 0 Å². The SMILES string of the molecule is COCC1(C(=O)N2CCC(C)(C)C2)CCNCC1.Cl. The number of halogens is 1. The largest absolute Gasteiger partial charge is 0.384 e. The van der Waals surface area contributed by atoms with E-state index in [1.54, 1.807) is 7.11 Å². The van der Waals surface area contributed by atoms with E-state index in [0.717, 1.165) is 45.4 Å². The molecule has 2 saturated heterocycles. The second kappa shape index (κ2) is 6.42. The first-order valence-corrected chi connectivity index (χ1v) is 6.98. The molecule has 112 valence electrons. The maximum atomic E-state index is 12.8. The summed E-state index contributed by atoms with van der Waals surface area (Å²) in [5.41, 5.74) is -0.00272. The molecule has 0 aromatic rings. The second-order valence-corrected chi connectivity index (χ2v) is 6.60. The van der Waals surface area contributed by atoms with Gasteiger partial charge in [-0.3, -0.25) is 4.79 Å². The molecule has 0 aromatic heterocycles. The molecule has 2 fully saturated rings. The Morgan fingerprint density at radius 2 is 1.89 bits per heavy atom. The van der Waals surface area contributed by atoms with Gasteiger partial charge < -0.3 is 15.0 Å². The van der Waals surface area contributed by atoms with Crippen molar-refractivity contribution in [1.82, 2.24) is 10.2 Å². The highest BCUT2D eigenvalue weighted by atomic mass is 35.5. The molecule has 1 N–H and O–H groups in total. The van der Waals surface area contributed by atoms with Crippen LogP contribution in [0, 0.1) is 10.8 Å². The van der Waals surface area contributed by atoms with E-state index in [-0.39, 0.29) is 23.2 Å². The summed E-state index contributed by atoms with van der Waals surface area (Å²) < 4.78 is 5.34. The van der Waals surface area contributed by atoms with E-state index in [4.69, 9.17) is 4.74 Å². The Hall–Kier alpha value is -0.320. The fourth-order valence-corrected chi connectivity index (χ4v) is 3.22. The fourth-order valence-electron chi connectivity index (χ4n) is 3.22. The first kappa shape index (κ1) is 16.7. The third-order valence-electron chi connectivity index (χ3n) is 4.40. The molecule has 19 heavy (non-hydrogen) atoms. The summed E-state index contributed by atoms with van der Waals surface area (Å²) in [5.74, 6) is 0.316. The van der Waals surface area contributed by atoms with Crippen LogP contribution in [0.1, 0.15) is 33.1 Å². The Bertz CT molecular complexity index is 309. The van der Waals surface area contributed by atoms with E-state index in [0.29, 0.717) is 12.5 Å². The van der Waals surface area contributed by atoms with Gasteiger partial charge in [0.25, 0.3) is 0 Å². The number of methoxy groups -OCH3 is 1. The molecule has 2 aliphatic rings. The molecule has 2 heterocycles. The van der Waals surface area contributed by atoms with Gasteiger partial charge in [-0.25, -0.2) is 0 Å². The molecule has 2 rings (SSSR count). The predicted octanol–water partition coefficient (Wildman–Crippen LogP) is 1.68. The van der Waals surface area contributed by atoms with Crippen molar-refractivity contribution in [2.75, 3.05) is 39.9 Å². The average Bonchev–Trinajstić information content (AvgIpc) is 2.70. The van der Waals surface area contributed by atoms with Crippen LogP contribution in [0.4, 0.5) is 0 Å². The summed E-state index contributed by atoms with van der Waals surface area (Å²) in [6.45, 7) is 8.69. The van der Waals surface area contributed by atoms with Gasteiger partial charge in [-0.2, -0.15) is 0 Å². The van der Waals surface area contributed by atoms with Crippen molar-refractivity contribution in [3.8, 4) is 0 Å². The molecule has 0 spiro atoms. The molecular weight excluding hydrogens is 264 g/mol. The van der Waals surface area contributed by atoms with Crippen molar-refractivity contribution in [3.63, 3.8) is 0 Å². The van der Waals surface area contributed by atoms with Crippen molar-refractivity contribution in [2.45, 2.75) is 33.1 Å². The highest BCUT2D eigenvalue weighted by molar-refractivity contribution is 5.85. The quantitative estimate of drug-likeness (QED) is 0.860. The zero-order chi connectivity index (χ0) is 13.2. The summed E-state index contributed by atoms with van der Waals surface area (Å²) >= 11 is 0. The number of piperidine rings is 1. The summed E-state index contributed by atoms with van der Waals surface area (Å²) in [4.78, 5) is 14.9. The number of likely N-dealkylation sites (tertiary alicyclic amines) is 1. The van der Waals surface area contributed by atoms with Crippen LogP contribution in [-0.4, -0.2) is 50.7 Å². The Labute approximate surface area is 122 Å². The maximum Gasteiger partial charge on any atom is 0.231 e. The summed E-state index contributed by atoms with van der Waals surface area (Å²) in [5, 5.41) is 3.33. The minimum Gasteiger partial charge on any atom is -0.384 e. The maximum absolute atomic E-state index is 12.8. The van der Waals surface area contributed by atoms with Gasteiger partial charge in [0.1, 0.15) is 0 Å². The second-order valence-electron chi connectivity index (χ2n) is 6.60. The van der Waals surface area contributed by atoms with E-state index >= 15 is 0 Å². The molecule has 0 atom stereocenters. The number of carbonyl (C=O) groups is 1. The van der Waals surface area contributed by atoms with E-state index < -0.39 is 0 Å². The smallest absolute Gasteiger partial charge is 0.231 e. The number of hydrogen-bond donors (Lipinski definition) is 1. The Morgan fingerprint density at radius 1 is 1.26 bits per heavy atom. The van der Waals surface area contributed by atoms with Crippen LogP contribution >= 0.6 is 12.4 Å². The summed E-state index contributed by atoms with van der Waals surface area (Å²) in [6.07, 6.45) is 2.91. The van der Waals surface area contributed by atoms with Crippen molar-refractivity contribution in [2.24, 2.45) is 10.8 Å². The number of nitrogens with zero attached hydrogens (tertiary/aromatic N) is 1. The van der Waals surface area contributed by atoms with Gasteiger partial charge in [-0.1, -0.05) is 13.8 Å². The van der Waals surface area contributed by atoms with Crippen LogP contribution in [0.3, 0.4) is 0 Å². The zero-order valence-electron chi connectivity index (χ0n) is 12.3. The molecular formula is C14H27ClN2O2. The minimum absolute atomic E-state index is 0. The standard InChI is InChI=1S/C14H26N2O2.ClH/c1-13(2)6-9-16(10-13)12(17)14(11-18-3)4-7-15-8-5-14;/h15H,4-11H2,1-3H3;1H. The number of nitrogens with one attached hydrogen (secondary N) is 1. The molecule has 2 aliphatic heterocycles. The van der Waals surface area contributed by atoms with Gasteiger partial charge >= 0.3 is 0 Å². The van der Waals surface area contributed by atoms with Gasteiger partial charge in [0.15, 0.2) is 0 Å². The number of carbonyl (C=O) groups excluding carboxylic acids is 1. The van der Waals surface area contributed by atoms with Gasteiger partial charge in [-0.15, -0.1) is 12.4 Å². The highest BCUT2D eigenvalue weighted by Crippen LogP contribution is 2.36. The number of rotatable bonds is 3. The van der Waals surface area contributed by atoms with E-state index in [1.807, 2.05) is 0 Å². The monoisotopic (exact) mass is 290 g/mol. The molecule has 0 aromatic carbocycles. The highest BCUT2D eigenvalue weighted by Gasteiger charge is 2.45. The van der Waals surface area contributed by atoms with Crippen molar-refractivity contribution >= 4 is 18.3 Å². The topological polar surface area (TPSA) is 41.6 Å². The van der Waals surface area contributed by atoms with Crippen LogP contribution in [0.25, 0.3) is 0 Å². The number of amides is 1. The molecule has 0 aliphatic carbocycles. The van der Waals surface area contributed by atoms with Crippen molar-refractivity contribution in [3.05, 3.63) is 0 Å². The van der Waals surface area contributed by atoms with E-state index in [1.165, 1.54) is 0 Å². The summed E-state index contributed by atoms with van der Waals surface area (Å²) in [7, 11) is 1.70. The summed E-state index contributed by atoms with van der Waals surface area (Å²) in [6, 6.07) is 0. The Kier molecular flexibility index (Phi) is 5.65. The molecule has 0 bridgehead atoms. The fraction of sp³-hybridized carbons (Fsp3) is 0.929. The van der Waals surface area contributed by atoms with Crippen LogP contribution < -0.4 is 5.32 Å². The molecule has 5 heteroatoms. The molecule has 0 unspecified atom stereocenters. The van der Waals surface area contributed by atoms with E-state index in [2.05, 4.69) is 24.1 Å². The lowest BCUT2D eigenvalue weighted by molar-refractivity contribution is -0.146. The van der Waals surface area contributed by atoms with Gasteiger partial charge in [0, 0.05) is 20.2 Å². The molecule has 0 radical (unpaired) electrons. The Morgan fingerprint density at radius 3 is 2.37 bits per heavy atom. The third-order valence-corrected chi connectivity index (χ3v) is 4.40. The van der Waals surface area contributed by atoms with Crippen LogP contribution in [0.2, 0.25) is 0 Å². The van der Waals surface area contributed by atoms with Crippen LogP contribution in [0.5, 0.6) is 0 Å². The lowest BCUT2D eigenvalue weighted by Crippen LogP contribution is -2.51. The lowest BCUT2D eigenvalue weighted by atomic mass is 9.78. The average molecular weight is 291 g/mol. The van der Waals surface area contributed by atoms with Crippen LogP contribution in [0.15, 0.2) is 0 Å². The van der Waals surface area contributed by atoms with Crippen LogP contribution in [-0.2, 0) is 9.53 Å². The molecule has 4 nitrogen and oxygen atoms in total. The van der Waals surface area contributed by atoms with E-state index in [9.17, 15) is 4.79 Å². The third kappa shape index (κ3) is 3.61. The zero-order valence-corrected chi connectivity index (χ0v) is 13.1. The lowest BCUT2D eigenvalue weighted by Gasteiger charge is -2.38. The van der Waals surface area contributed by atoms with Gasteiger partial charge in [-0.05, 0) is 37.8 Å². The first-order valence-electron chi connectivity index (χ1n) is 6.98.